The SMILES string of the molecule is O=C(O[SH](=O)=O)C(F)(F)F. The summed E-state index contributed by atoms with van der Waals surface area (Å²) in [6.45, 7) is 0. The quantitative estimate of drug-likeness (QED) is 0.556. The van der Waals surface area contributed by atoms with Crippen LogP contribution in [0.5, 0.6) is 0 Å². The molecule has 0 atom stereocenters. The van der Waals surface area contributed by atoms with Gasteiger partial charge in [0.1, 0.15) is 0 Å². The number of thiol groups is 1. The molecule has 0 saturated carbocycles. The second kappa shape index (κ2) is 2.86. The molecular weight excluding hydrogens is 177 g/mol. The third kappa shape index (κ3) is 3.28. The van der Waals surface area contributed by atoms with E-state index in [4.69, 9.17) is 0 Å². The van der Waals surface area contributed by atoms with Crippen LogP contribution in [0.2, 0.25) is 0 Å². The summed E-state index contributed by atoms with van der Waals surface area (Å²) in [6.07, 6.45) is -5.25. The molecule has 0 fully saturated rings. The molecule has 0 N–H and O–H groups in total. The Balaban J connectivity index is 4.12. The number of hydrogen-bond donors (Lipinski definition) is 1. The van der Waals surface area contributed by atoms with Crippen LogP contribution in [0.1, 0.15) is 0 Å². The highest BCUT2D eigenvalue weighted by molar-refractivity contribution is 7.67. The normalized spacial score (nSPS) is 11.6. The molecule has 0 spiro atoms. The number of rotatable bonds is 1. The number of hydrogen-bond acceptors (Lipinski definition) is 4. The van der Waals surface area contributed by atoms with E-state index in [9.17, 15) is 26.4 Å². The first-order chi connectivity index (χ1) is 4.34. The molecule has 0 saturated heterocycles. The average Bonchev–Trinajstić information content (AvgIpc) is 1.60. The lowest BCUT2D eigenvalue weighted by Gasteiger charge is -1.99. The summed E-state index contributed by atoms with van der Waals surface area (Å²) in [6, 6.07) is 0. The van der Waals surface area contributed by atoms with Gasteiger partial charge in [0.15, 0.2) is 0 Å². The fourth-order valence-electron chi connectivity index (χ4n) is 0.119. The zero-order valence-electron chi connectivity index (χ0n) is 4.21. The van der Waals surface area contributed by atoms with Crippen LogP contribution in [0.3, 0.4) is 0 Å². The van der Waals surface area contributed by atoms with Crippen molar-refractivity contribution in [2.75, 3.05) is 0 Å². The minimum Gasteiger partial charge on any atom is -0.340 e. The second-order valence-electron chi connectivity index (χ2n) is 1.10. The molecular formula is C2HF3O4S. The van der Waals surface area contributed by atoms with Crippen LogP contribution >= 0.6 is 0 Å². The Bertz CT molecular complexity index is 195. The van der Waals surface area contributed by atoms with E-state index in [0.717, 1.165) is 0 Å². The maximum absolute atomic E-state index is 11.1. The van der Waals surface area contributed by atoms with E-state index >= 15 is 0 Å². The summed E-state index contributed by atoms with van der Waals surface area (Å²) in [4.78, 5) is 9.54. The topological polar surface area (TPSA) is 60.4 Å². The van der Waals surface area contributed by atoms with Gasteiger partial charge < -0.3 is 4.18 Å². The molecule has 0 heterocycles. The first kappa shape index (κ1) is 9.21. The Morgan fingerprint density at radius 3 is 1.80 bits per heavy atom. The first-order valence-corrected chi connectivity index (χ1v) is 2.87. The minimum atomic E-state index is -5.25. The van der Waals surface area contributed by atoms with Crippen molar-refractivity contribution in [3.8, 4) is 0 Å². The van der Waals surface area contributed by atoms with Gasteiger partial charge in [-0.25, -0.2) is 4.79 Å². The summed E-state index contributed by atoms with van der Waals surface area (Å²) >= 11 is 0. The summed E-state index contributed by atoms with van der Waals surface area (Å²) < 4.78 is 54.7. The van der Waals surface area contributed by atoms with Crippen molar-refractivity contribution in [1.29, 1.82) is 0 Å². The van der Waals surface area contributed by atoms with Crippen LogP contribution in [-0.4, -0.2) is 20.6 Å². The molecule has 10 heavy (non-hydrogen) atoms. The van der Waals surface area contributed by atoms with Crippen molar-refractivity contribution in [1.82, 2.24) is 0 Å². The molecule has 0 rings (SSSR count). The van der Waals surface area contributed by atoms with Gasteiger partial charge in [0.2, 0.25) is 0 Å². The first-order valence-electron chi connectivity index (χ1n) is 1.77. The zero-order valence-corrected chi connectivity index (χ0v) is 5.11. The van der Waals surface area contributed by atoms with E-state index in [1.807, 2.05) is 0 Å². The fourth-order valence-corrected chi connectivity index (χ4v) is 0.358. The fraction of sp³-hybridized carbons (Fsp3) is 0.500. The Hall–Kier alpha value is -0.790. The second-order valence-corrected chi connectivity index (χ2v) is 1.73. The maximum atomic E-state index is 11.1. The van der Waals surface area contributed by atoms with Crippen molar-refractivity contribution in [2.24, 2.45) is 0 Å². The van der Waals surface area contributed by atoms with Crippen molar-refractivity contribution in [3.05, 3.63) is 0 Å². The molecule has 0 aromatic rings. The lowest BCUT2D eigenvalue weighted by molar-refractivity contribution is -0.188. The van der Waals surface area contributed by atoms with E-state index in [2.05, 4.69) is 4.18 Å². The molecule has 0 aromatic carbocycles. The standard InChI is InChI=1S/C2HF3O4S/c3-2(4,5)1(6)9-10(7)8/h10H. The van der Waals surface area contributed by atoms with Gasteiger partial charge in [-0.3, -0.25) is 0 Å². The van der Waals surface area contributed by atoms with Gasteiger partial charge in [-0.1, -0.05) is 0 Å². The molecule has 0 aliphatic heterocycles. The highest BCUT2D eigenvalue weighted by atomic mass is 32.2. The monoisotopic (exact) mass is 178 g/mol. The number of alkyl halides is 3. The Labute approximate surface area is 54.7 Å². The van der Waals surface area contributed by atoms with E-state index < -0.39 is 23.1 Å². The summed E-state index contributed by atoms with van der Waals surface area (Å²) in [7, 11) is -3.77. The number of halogens is 3. The van der Waals surface area contributed by atoms with E-state index in [1.165, 1.54) is 0 Å². The Morgan fingerprint density at radius 1 is 1.30 bits per heavy atom. The average molecular weight is 178 g/mol. The maximum Gasteiger partial charge on any atom is 0.492 e. The largest absolute Gasteiger partial charge is 0.492 e. The van der Waals surface area contributed by atoms with Gasteiger partial charge in [-0.15, -0.1) is 0 Å². The lowest BCUT2D eigenvalue weighted by atomic mass is 10.7. The lowest BCUT2D eigenvalue weighted by Crippen LogP contribution is -2.24. The van der Waals surface area contributed by atoms with Gasteiger partial charge in [0.05, 0.1) is 0 Å². The molecule has 0 aromatic heterocycles. The van der Waals surface area contributed by atoms with Crippen LogP contribution in [-0.2, 0) is 20.0 Å². The van der Waals surface area contributed by atoms with E-state index in [-0.39, 0.29) is 0 Å². The van der Waals surface area contributed by atoms with Gasteiger partial charge >= 0.3 is 23.1 Å². The Morgan fingerprint density at radius 2 is 1.70 bits per heavy atom. The zero-order chi connectivity index (χ0) is 8.36. The molecule has 0 aliphatic carbocycles. The van der Waals surface area contributed by atoms with Crippen molar-refractivity contribution in [2.45, 2.75) is 6.18 Å². The van der Waals surface area contributed by atoms with Crippen LogP contribution in [0, 0.1) is 0 Å². The number of carbonyl (C=O) groups excluding carboxylic acids is 1. The van der Waals surface area contributed by atoms with Crippen molar-refractivity contribution < 1.29 is 30.6 Å². The third-order valence-corrected chi connectivity index (χ3v) is 0.704. The molecule has 0 bridgehead atoms. The van der Waals surface area contributed by atoms with Crippen LogP contribution in [0.15, 0.2) is 0 Å². The summed E-state index contributed by atoms with van der Waals surface area (Å²) in [5.41, 5.74) is 0. The highest BCUT2D eigenvalue weighted by Gasteiger charge is 2.41. The van der Waals surface area contributed by atoms with Gasteiger partial charge in [0.25, 0.3) is 0 Å². The van der Waals surface area contributed by atoms with Crippen LogP contribution in [0.25, 0.3) is 0 Å². The summed E-state index contributed by atoms with van der Waals surface area (Å²) in [5.74, 6) is -2.73. The predicted octanol–water partition coefficient (Wildman–Crippen LogP) is -0.382. The van der Waals surface area contributed by atoms with Crippen molar-refractivity contribution in [3.63, 3.8) is 0 Å². The molecule has 0 aliphatic rings. The Kier molecular flexibility index (Phi) is 2.64. The molecule has 0 amide bonds. The summed E-state index contributed by atoms with van der Waals surface area (Å²) in [5, 5.41) is 0. The molecule has 0 radical (unpaired) electrons. The van der Waals surface area contributed by atoms with Crippen LogP contribution < -0.4 is 0 Å². The van der Waals surface area contributed by atoms with Crippen molar-refractivity contribution >= 4 is 17.0 Å². The predicted molar refractivity (Wildman–Crippen MR) is 22.5 cm³/mol. The van der Waals surface area contributed by atoms with Gasteiger partial charge in [-0.2, -0.15) is 21.6 Å². The van der Waals surface area contributed by atoms with E-state index in [0.29, 0.717) is 0 Å². The highest BCUT2D eigenvalue weighted by Crippen LogP contribution is 2.15. The van der Waals surface area contributed by atoms with Gasteiger partial charge in [0, 0.05) is 0 Å². The third-order valence-electron chi connectivity index (χ3n) is 0.389. The number of carbonyl (C=O) groups is 1. The molecule has 8 heteroatoms. The van der Waals surface area contributed by atoms with E-state index in [1.54, 1.807) is 0 Å². The van der Waals surface area contributed by atoms with Gasteiger partial charge in [-0.05, 0) is 0 Å². The molecule has 0 unspecified atom stereocenters. The molecule has 60 valence electrons. The van der Waals surface area contributed by atoms with Crippen LogP contribution in [0.4, 0.5) is 13.2 Å². The minimum absolute atomic E-state index is 2.73. The smallest absolute Gasteiger partial charge is 0.340 e. The molecule has 4 nitrogen and oxygen atoms in total.